The van der Waals surface area contributed by atoms with Gasteiger partial charge in [-0.15, -0.1) is 0 Å². The summed E-state index contributed by atoms with van der Waals surface area (Å²) in [5.74, 6) is -0.659. The number of benzene rings is 1. The first kappa shape index (κ1) is 17.9. The zero-order valence-electron chi connectivity index (χ0n) is 11.8. The molecule has 0 radical (unpaired) electrons. The van der Waals surface area contributed by atoms with Gasteiger partial charge in [-0.05, 0) is 18.2 Å². The Balaban J connectivity index is 2.61. The average molecular weight is 379 g/mol. The maximum atomic E-state index is 13.3. The third kappa shape index (κ3) is 4.10. The second-order valence-corrected chi connectivity index (χ2v) is 7.05. The van der Waals surface area contributed by atoms with E-state index in [-0.39, 0.29) is 5.95 Å². The number of anilines is 3. The first-order chi connectivity index (χ1) is 11.0. The highest BCUT2D eigenvalue weighted by molar-refractivity contribution is 7.86. The van der Waals surface area contributed by atoms with Crippen LogP contribution in [0.5, 0.6) is 0 Å². The first-order valence-electron chi connectivity index (χ1n) is 5.96. The molecule has 0 atom stereocenters. The van der Waals surface area contributed by atoms with E-state index in [1.165, 1.54) is 7.05 Å². The van der Waals surface area contributed by atoms with Crippen molar-refractivity contribution in [2.45, 2.75) is 9.79 Å². The maximum Gasteiger partial charge on any atom is 0.315 e. The lowest BCUT2D eigenvalue weighted by Crippen LogP contribution is -2.10. The van der Waals surface area contributed by atoms with Crippen molar-refractivity contribution in [3.05, 3.63) is 24.3 Å². The van der Waals surface area contributed by atoms with Crippen molar-refractivity contribution in [2.75, 3.05) is 17.7 Å². The Morgan fingerprint density at radius 2 is 1.62 bits per heavy atom. The van der Waals surface area contributed by atoms with Crippen LogP contribution in [0.15, 0.2) is 28.0 Å². The summed E-state index contributed by atoms with van der Waals surface area (Å²) in [4.78, 5) is 8.83. The van der Waals surface area contributed by atoms with Gasteiger partial charge in [0.2, 0.25) is 11.9 Å². The van der Waals surface area contributed by atoms with Crippen LogP contribution in [-0.2, 0) is 20.2 Å². The van der Waals surface area contributed by atoms with Crippen molar-refractivity contribution in [3.8, 4) is 0 Å². The second kappa shape index (κ2) is 6.23. The quantitative estimate of drug-likeness (QED) is 0.526. The van der Waals surface area contributed by atoms with E-state index in [1.807, 2.05) is 0 Å². The van der Waals surface area contributed by atoms with Gasteiger partial charge in [0, 0.05) is 7.05 Å². The third-order valence-electron chi connectivity index (χ3n) is 2.60. The van der Waals surface area contributed by atoms with Crippen LogP contribution in [0.2, 0.25) is 0 Å². The Kier molecular flexibility index (Phi) is 4.66. The highest BCUT2D eigenvalue weighted by Gasteiger charge is 2.20. The van der Waals surface area contributed by atoms with Crippen LogP contribution < -0.4 is 10.6 Å². The molecule has 1 aromatic carbocycles. The van der Waals surface area contributed by atoms with E-state index in [4.69, 9.17) is 4.55 Å². The lowest BCUT2D eigenvalue weighted by atomic mass is 10.3. The fourth-order valence-electron chi connectivity index (χ4n) is 1.63. The molecule has 0 aliphatic rings. The van der Waals surface area contributed by atoms with E-state index >= 15 is 0 Å². The molecular weight excluding hydrogens is 369 g/mol. The number of aromatic nitrogens is 3. The predicted octanol–water partition coefficient (Wildman–Crippen LogP) is 0.289. The van der Waals surface area contributed by atoms with Crippen molar-refractivity contribution in [2.24, 2.45) is 0 Å². The minimum Gasteiger partial charge on any atom is -0.357 e. The molecule has 2 aromatic rings. The third-order valence-corrected chi connectivity index (χ3v) is 4.37. The molecule has 0 saturated carbocycles. The monoisotopic (exact) mass is 379 g/mol. The van der Waals surface area contributed by atoms with Crippen LogP contribution in [0.4, 0.5) is 22.0 Å². The Morgan fingerprint density at radius 3 is 2.17 bits per heavy atom. The first-order valence-corrected chi connectivity index (χ1v) is 8.84. The lowest BCUT2D eigenvalue weighted by Gasteiger charge is -2.11. The average Bonchev–Trinajstić information content (AvgIpc) is 2.44. The van der Waals surface area contributed by atoms with Crippen molar-refractivity contribution in [1.82, 2.24) is 15.0 Å². The summed E-state index contributed by atoms with van der Waals surface area (Å²) in [6.07, 6.45) is -1.20. The van der Waals surface area contributed by atoms with E-state index in [0.717, 1.165) is 12.1 Å². The zero-order chi connectivity index (χ0) is 18.1. The number of nitrogens with one attached hydrogen (secondary N) is 2. The number of nitrogens with zero attached hydrogens (tertiary/aromatic N) is 3. The normalized spacial score (nSPS) is 12.0. The van der Waals surface area contributed by atoms with Gasteiger partial charge in [-0.3, -0.25) is 9.11 Å². The molecule has 0 unspecified atom stereocenters. The largest absolute Gasteiger partial charge is 0.357 e. The molecule has 1 heterocycles. The molecule has 0 spiro atoms. The highest BCUT2D eigenvalue weighted by atomic mass is 32.2. The Labute approximate surface area is 135 Å². The van der Waals surface area contributed by atoms with Gasteiger partial charge in [-0.2, -0.15) is 36.2 Å². The molecular formula is C10H10FN5O6S2. The Bertz CT molecular complexity index is 995. The molecule has 2 rings (SSSR count). The van der Waals surface area contributed by atoms with Gasteiger partial charge in [0.15, 0.2) is 0 Å². The molecule has 14 heteroatoms. The summed E-state index contributed by atoms with van der Waals surface area (Å²) in [7, 11) is -8.03. The van der Waals surface area contributed by atoms with Gasteiger partial charge in [0.25, 0.3) is 20.2 Å². The molecule has 0 bridgehead atoms. The molecule has 130 valence electrons. The van der Waals surface area contributed by atoms with E-state index in [9.17, 15) is 25.8 Å². The predicted molar refractivity (Wildman–Crippen MR) is 78.7 cm³/mol. The van der Waals surface area contributed by atoms with Crippen LogP contribution in [-0.4, -0.2) is 47.9 Å². The minimum absolute atomic E-state index is 0.190. The topological polar surface area (TPSA) is 171 Å². The van der Waals surface area contributed by atoms with Crippen molar-refractivity contribution >= 4 is 37.8 Å². The summed E-state index contributed by atoms with van der Waals surface area (Å²) >= 11 is 0. The van der Waals surface area contributed by atoms with Crippen molar-refractivity contribution in [1.29, 1.82) is 0 Å². The molecule has 0 aliphatic heterocycles. The fourth-order valence-corrected chi connectivity index (χ4v) is 2.77. The summed E-state index contributed by atoms with van der Waals surface area (Å²) in [6.45, 7) is 0. The number of rotatable bonds is 5. The molecule has 0 fully saturated rings. The van der Waals surface area contributed by atoms with Gasteiger partial charge < -0.3 is 10.6 Å². The highest BCUT2D eigenvalue weighted by Crippen LogP contribution is 2.27. The molecule has 11 nitrogen and oxygen atoms in total. The zero-order valence-corrected chi connectivity index (χ0v) is 13.4. The van der Waals surface area contributed by atoms with Gasteiger partial charge in [0.1, 0.15) is 4.90 Å². The lowest BCUT2D eigenvalue weighted by molar-refractivity contribution is 0.479. The van der Waals surface area contributed by atoms with Crippen LogP contribution in [0.3, 0.4) is 0 Å². The van der Waals surface area contributed by atoms with Gasteiger partial charge in [0.05, 0.1) is 10.6 Å². The SMILES string of the molecule is CNc1nc(F)nc(Nc2cc(S(=O)(=O)O)ccc2S(=O)(=O)O)n1. The Morgan fingerprint density at radius 1 is 1.00 bits per heavy atom. The van der Waals surface area contributed by atoms with Crippen LogP contribution in [0.25, 0.3) is 0 Å². The fraction of sp³-hybridized carbons (Fsp3) is 0.100. The molecule has 24 heavy (non-hydrogen) atoms. The number of hydrogen-bond acceptors (Lipinski definition) is 9. The summed E-state index contributed by atoms with van der Waals surface area (Å²) in [5.41, 5.74) is -0.500. The number of hydrogen-bond donors (Lipinski definition) is 4. The van der Waals surface area contributed by atoms with Crippen LogP contribution in [0, 0.1) is 6.08 Å². The Hall–Kier alpha value is -2.42. The van der Waals surface area contributed by atoms with Crippen LogP contribution in [0.1, 0.15) is 0 Å². The van der Waals surface area contributed by atoms with E-state index in [1.54, 1.807) is 0 Å². The van der Waals surface area contributed by atoms with Gasteiger partial charge in [-0.1, -0.05) is 0 Å². The smallest absolute Gasteiger partial charge is 0.315 e. The molecule has 0 saturated heterocycles. The van der Waals surface area contributed by atoms with E-state index in [2.05, 4.69) is 25.6 Å². The molecule has 4 N–H and O–H groups in total. The standard InChI is InChI=1S/C10H10FN5O6S2/c1-12-9-14-8(11)15-10(16-9)13-6-4-5(23(17,18)19)2-3-7(6)24(20,21)22/h2-4H,1H3,(H,17,18,19)(H,20,21,22)(H2,12,13,14,15,16). The van der Waals surface area contributed by atoms with Gasteiger partial charge in [-0.25, -0.2) is 0 Å². The minimum atomic E-state index is -4.76. The van der Waals surface area contributed by atoms with Gasteiger partial charge >= 0.3 is 6.08 Å². The van der Waals surface area contributed by atoms with E-state index < -0.39 is 47.7 Å². The van der Waals surface area contributed by atoms with E-state index in [0.29, 0.717) is 6.07 Å². The van der Waals surface area contributed by atoms with Crippen LogP contribution >= 0.6 is 0 Å². The molecule has 0 amide bonds. The van der Waals surface area contributed by atoms with Crippen molar-refractivity contribution < 1.29 is 30.3 Å². The maximum absolute atomic E-state index is 13.3. The van der Waals surface area contributed by atoms with Crippen molar-refractivity contribution in [3.63, 3.8) is 0 Å². The summed E-state index contributed by atoms with van der Waals surface area (Å²) in [5, 5.41) is 4.68. The molecule has 1 aromatic heterocycles. The summed E-state index contributed by atoms with van der Waals surface area (Å²) < 4.78 is 76.5. The second-order valence-electron chi connectivity index (χ2n) is 4.23. The number of halogens is 1. The summed E-state index contributed by atoms with van der Waals surface area (Å²) in [6, 6.07) is 2.20. The molecule has 0 aliphatic carbocycles.